The molecule has 0 aromatic carbocycles. The lowest BCUT2D eigenvalue weighted by Crippen LogP contribution is -2.13. The third kappa shape index (κ3) is 3.86. The van der Waals surface area contributed by atoms with Crippen molar-refractivity contribution in [1.29, 1.82) is 0 Å². The second kappa shape index (κ2) is 5.69. The smallest absolute Gasteiger partial charge is 0.141 e. The van der Waals surface area contributed by atoms with Crippen LogP contribution in [-0.2, 0) is 18.3 Å². The first kappa shape index (κ1) is 12.0. The summed E-state index contributed by atoms with van der Waals surface area (Å²) in [6.07, 6.45) is 7.41. The lowest BCUT2D eigenvalue weighted by atomic mass is 9.97. The Bertz CT molecular complexity index is 317. The Hall–Kier alpha value is -1.12. The van der Waals surface area contributed by atoms with Gasteiger partial charge < -0.3 is 4.57 Å². The van der Waals surface area contributed by atoms with Gasteiger partial charge in [-0.2, -0.15) is 0 Å². The fourth-order valence-electron chi connectivity index (χ4n) is 1.58. The van der Waals surface area contributed by atoms with E-state index in [2.05, 4.69) is 11.9 Å². The summed E-state index contributed by atoms with van der Waals surface area (Å²) in [5.41, 5.74) is 0.880. The van der Waals surface area contributed by atoms with Crippen LogP contribution in [0.4, 0.5) is 0 Å². The first-order valence-corrected chi connectivity index (χ1v) is 5.63. The number of aromatic nitrogens is 2. The molecule has 1 atom stereocenters. The van der Waals surface area contributed by atoms with Crippen LogP contribution in [0, 0.1) is 5.92 Å². The van der Waals surface area contributed by atoms with Gasteiger partial charge in [-0.15, -0.1) is 0 Å². The first-order chi connectivity index (χ1) is 7.13. The molecule has 3 heteroatoms. The molecule has 84 valence electrons. The van der Waals surface area contributed by atoms with Crippen molar-refractivity contribution in [2.75, 3.05) is 0 Å². The number of carbonyl (C=O) groups is 1. The minimum absolute atomic E-state index is 0.173. The molecule has 0 aliphatic carbocycles. The number of ketones is 1. The van der Waals surface area contributed by atoms with E-state index in [9.17, 15) is 4.79 Å². The Morgan fingerprint density at radius 3 is 2.87 bits per heavy atom. The van der Waals surface area contributed by atoms with E-state index in [1.807, 2.05) is 24.7 Å². The van der Waals surface area contributed by atoms with E-state index in [1.165, 1.54) is 0 Å². The number of rotatable bonds is 6. The normalized spacial score (nSPS) is 12.7. The Labute approximate surface area is 91.5 Å². The Morgan fingerprint density at radius 1 is 1.60 bits per heavy atom. The van der Waals surface area contributed by atoms with Crippen LogP contribution < -0.4 is 0 Å². The predicted molar refractivity (Wildman–Crippen MR) is 60.6 cm³/mol. The molecule has 0 saturated carbocycles. The summed E-state index contributed by atoms with van der Waals surface area (Å²) < 4.78 is 1.87. The molecule has 0 N–H and O–H groups in total. The number of imidazole rings is 1. The van der Waals surface area contributed by atoms with E-state index in [-0.39, 0.29) is 5.92 Å². The zero-order chi connectivity index (χ0) is 11.3. The molecule has 1 unspecified atom stereocenters. The zero-order valence-electron chi connectivity index (χ0n) is 9.86. The SMILES string of the molecule is CCCCC(C)C(=O)Cc1cn(C)cn1. The summed E-state index contributed by atoms with van der Waals surface area (Å²) in [6.45, 7) is 4.16. The maximum absolute atomic E-state index is 11.8. The molecule has 3 nitrogen and oxygen atoms in total. The van der Waals surface area contributed by atoms with E-state index in [0.29, 0.717) is 12.2 Å². The predicted octanol–water partition coefficient (Wildman–Crippen LogP) is 2.36. The van der Waals surface area contributed by atoms with Crippen molar-refractivity contribution in [1.82, 2.24) is 9.55 Å². The van der Waals surface area contributed by atoms with Crippen molar-refractivity contribution in [3.63, 3.8) is 0 Å². The molecule has 0 spiro atoms. The minimum Gasteiger partial charge on any atom is -0.340 e. The van der Waals surface area contributed by atoms with Crippen molar-refractivity contribution in [2.45, 2.75) is 39.5 Å². The number of unbranched alkanes of at least 4 members (excludes halogenated alkanes) is 1. The van der Waals surface area contributed by atoms with Gasteiger partial charge in [-0.25, -0.2) is 4.98 Å². The Balaban J connectivity index is 2.41. The molecule has 0 amide bonds. The molecule has 0 bridgehead atoms. The van der Waals surface area contributed by atoms with Crippen LogP contribution in [0.5, 0.6) is 0 Å². The molecule has 15 heavy (non-hydrogen) atoms. The van der Waals surface area contributed by atoms with Gasteiger partial charge in [-0.1, -0.05) is 26.7 Å². The van der Waals surface area contributed by atoms with Crippen LogP contribution in [0.25, 0.3) is 0 Å². The number of aryl methyl sites for hydroxylation is 1. The largest absolute Gasteiger partial charge is 0.340 e. The van der Waals surface area contributed by atoms with Crippen molar-refractivity contribution >= 4 is 5.78 Å². The van der Waals surface area contributed by atoms with Crippen molar-refractivity contribution in [3.8, 4) is 0 Å². The van der Waals surface area contributed by atoms with Gasteiger partial charge in [0.05, 0.1) is 18.4 Å². The van der Waals surface area contributed by atoms with Crippen LogP contribution in [-0.4, -0.2) is 15.3 Å². The summed E-state index contributed by atoms with van der Waals surface area (Å²) in [5.74, 6) is 0.481. The lowest BCUT2D eigenvalue weighted by Gasteiger charge is -2.07. The van der Waals surface area contributed by atoms with Gasteiger partial charge in [-0.3, -0.25) is 4.79 Å². The number of carbonyl (C=O) groups excluding carboxylic acids is 1. The van der Waals surface area contributed by atoms with Gasteiger partial charge in [0, 0.05) is 19.2 Å². The summed E-state index contributed by atoms with van der Waals surface area (Å²) >= 11 is 0. The summed E-state index contributed by atoms with van der Waals surface area (Å²) in [7, 11) is 1.92. The molecule has 1 heterocycles. The highest BCUT2D eigenvalue weighted by atomic mass is 16.1. The summed E-state index contributed by atoms with van der Waals surface area (Å²) in [6, 6.07) is 0. The molecule has 1 aromatic heterocycles. The standard InChI is InChI=1S/C12H20N2O/c1-4-5-6-10(2)12(15)7-11-8-14(3)9-13-11/h8-10H,4-7H2,1-3H3. The quantitative estimate of drug-likeness (QED) is 0.719. The van der Waals surface area contributed by atoms with Crippen molar-refractivity contribution in [2.24, 2.45) is 13.0 Å². The van der Waals surface area contributed by atoms with Crippen LogP contribution in [0.15, 0.2) is 12.5 Å². The van der Waals surface area contributed by atoms with Gasteiger partial charge >= 0.3 is 0 Å². The maximum atomic E-state index is 11.8. The van der Waals surface area contributed by atoms with Crippen molar-refractivity contribution in [3.05, 3.63) is 18.2 Å². The molecule has 0 radical (unpaired) electrons. The van der Waals surface area contributed by atoms with Crippen LogP contribution in [0.1, 0.15) is 38.8 Å². The number of Topliss-reactive ketones (excluding diaryl/α,β-unsaturated/α-hetero) is 1. The molecule has 1 rings (SSSR count). The van der Waals surface area contributed by atoms with E-state index in [0.717, 1.165) is 25.0 Å². The number of hydrogen-bond donors (Lipinski definition) is 0. The molecule has 0 aliphatic heterocycles. The fraction of sp³-hybridized carbons (Fsp3) is 0.667. The average Bonchev–Trinajstić information content (AvgIpc) is 2.60. The highest BCUT2D eigenvalue weighted by Gasteiger charge is 2.13. The fourth-order valence-corrected chi connectivity index (χ4v) is 1.58. The second-order valence-corrected chi connectivity index (χ2v) is 4.22. The zero-order valence-corrected chi connectivity index (χ0v) is 9.86. The number of hydrogen-bond acceptors (Lipinski definition) is 2. The molecule has 0 aliphatic rings. The maximum Gasteiger partial charge on any atom is 0.141 e. The topological polar surface area (TPSA) is 34.9 Å². The highest BCUT2D eigenvalue weighted by Crippen LogP contribution is 2.11. The minimum atomic E-state index is 0.173. The van der Waals surface area contributed by atoms with E-state index in [1.54, 1.807) is 6.33 Å². The van der Waals surface area contributed by atoms with Crippen LogP contribution in [0.3, 0.4) is 0 Å². The molecule has 0 saturated heterocycles. The third-order valence-electron chi connectivity index (χ3n) is 2.65. The Morgan fingerprint density at radius 2 is 2.33 bits per heavy atom. The second-order valence-electron chi connectivity index (χ2n) is 4.22. The number of nitrogens with zero attached hydrogens (tertiary/aromatic N) is 2. The third-order valence-corrected chi connectivity index (χ3v) is 2.65. The molecular weight excluding hydrogens is 188 g/mol. The average molecular weight is 208 g/mol. The van der Waals surface area contributed by atoms with E-state index in [4.69, 9.17) is 0 Å². The highest BCUT2D eigenvalue weighted by molar-refractivity contribution is 5.82. The summed E-state index contributed by atoms with van der Waals surface area (Å²) in [5, 5.41) is 0. The monoisotopic (exact) mass is 208 g/mol. The lowest BCUT2D eigenvalue weighted by molar-refractivity contribution is -0.122. The van der Waals surface area contributed by atoms with Gasteiger partial charge in [0.2, 0.25) is 0 Å². The van der Waals surface area contributed by atoms with Crippen LogP contribution in [0.2, 0.25) is 0 Å². The van der Waals surface area contributed by atoms with Crippen LogP contribution >= 0.6 is 0 Å². The Kier molecular flexibility index (Phi) is 4.53. The van der Waals surface area contributed by atoms with Gasteiger partial charge in [0.15, 0.2) is 0 Å². The van der Waals surface area contributed by atoms with E-state index < -0.39 is 0 Å². The first-order valence-electron chi connectivity index (χ1n) is 5.63. The van der Waals surface area contributed by atoms with Gasteiger partial charge in [-0.05, 0) is 6.42 Å². The summed E-state index contributed by atoms with van der Waals surface area (Å²) in [4.78, 5) is 15.9. The van der Waals surface area contributed by atoms with Gasteiger partial charge in [0.25, 0.3) is 0 Å². The molecule has 0 fully saturated rings. The molecular formula is C12H20N2O. The molecule has 1 aromatic rings. The van der Waals surface area contributed by atoms with Gasteiger partial charge in [0.1, 0.15) is 5.78 Å². The van der Waals surface area contributed by atoms with E-state index >= 15 is 0 Å². The van der Waals surface area contributed by atoms with Crippen molar-refractivity contribution < 1.29 is 4.79 Å².